The van der Waals surface area contributed by atoms with Crippen molar-refractivity contribution in [1.29, 1.82) is 0 Å². The van der Waals surface area contributed by atoms with Gasteiger partial charge in [0.1, 0.15) is 0 Å². The van der Waals surface area contributed by atoms with Crippen LogP contribution in [0.1, 0.15) is 10.5 Å². The second kappa shape index (κ2) is 4.39. The Kier molecular flexibility index (Phi) is 3.11. The molecule has 0 aliphatic heterocycles. The van der Waals surface area contributed by atoms with Gasteiger partial charge in [0.2, 0.25) is 0 Å². The molecule has 0 aliphatic rings. The molecule has 1 aromatic carbocycles. The molecule has 0 unspecified atom stereocenters. The van der Waals surface area contributed by atoms with Crippen LogP contribution in [-0.2, 0) is 0 Å². The lowest BCUT2D eigenvalue weighted by Crippen LogP contribution is -1.98. The summed E-state index contributed by atoms with van der Waals surface area (Å²) < 4.78 is 6.68. The van der Waals surface area contributed by atoms with Gasteiger partial charge < -0.3 is 9.52 Å². The minimum atomic E-state index is -1.12. The molecular formula is C10H5Br2NO3. The lowest BCUT2D eigenvalue weighted by atomic mass is 10.1. The van der Waals surface area contributed by atoms with Gasteiger partial charge >= 0.3 is 5.97 Å². The molecule has 2 rings (SSSR count). The zero-order valence-corrected chi connectivity index (χ0v) is 10.9. The number of carboxylic acids is 1. The predicted octanol–water partition coefficient (Wildman–Crippen LogP) is 3.56. The van der Waals surface area contributed by atoms with E-state index in [-0.39, 0.29) is 11.5 Å². The van der Waals surface area contributed by atoms with Crippen molar-refractivity contribution in [1.82, 2.24) is 4.98 Å². The van der Waals surface area contributed by atoms with E-state index in [0.717, 1.165) is 15.3 Å². The number of aromatic carboxylic acids is 1. The number of carbonyl (C=O) groups is 1. The molecular weight excluding hydrogens is 342 g/mol. The third-order valence-electron chi connectivity index (χ3n) is 1.94. The molecule has 0 fully saturated rings. The Hall–Kier alpha value is -1.14. The first kappa shape index (κ1) is 11.3. The average molecular weight is 347 g/mol. The number of hydrogen-bond donors (Lipinski definition) is 1. The first-order valence-corrected chi connectivity index (χ1v) is 5.80. The summed E-state index contributed by atoms with van der Waals surface area (Å²) in [6, 6.07) is 5.40. The van der Waals surface area contributed by atoms with Crippen molar-refractivity contribution in [2.75, 3.05) is 0 Å². The number of carboxylic acid groups (broad SMARTS) is 1. The number of hydrogen-bond acceptors (Lipinski definition) is 3. The van der Waals surface area contributed by atoms with E-state index in [0.29, 0.717) is 5.56 Å². The summed E-state index contributed by atoms with van der Waals surface area (Å²) in [7, 11) is 0. The first-order valence-electron chi connectivity index (χ1n) is 4.22. The van der Waals surface area contributed by atoms with E-state index in [1.165, 1.54) is 0 Å². The highest BCUT2D eigenvalue weighted by molar-refractivity contribution is 9.11. The third-order valence-corrected chi connectivity index (χ3v) is 3.13. The largest absolute Gasteiger partial charge is 0.476 e. The molecule has 1 aromatic heterocycles. The van der Waals surface area contributed by atoms with Gasteiger partial charge in [-0.05, 0) is 18.2 Å². The van der Waals surface area contributed by atoms with Crippen LogP contribution >= 0.6 is 31.9 Å². The van der Waals surface area contributed by atoms with Crippen molar-refractivity contribution >= 4 is 37.8 Å². The van der Waals surface area contributed by atoms with Gasteiger partial charge in [-0.25, -0.2) is 9.78 Å². The van der Waals surface area contributed by atoms with Crippen LogP contribution in [0.2, 0.25) is 0 Å². The Bertz CT molecular complexity index is 551. The van der Waals surface area contributed by atoms with E-state index >= 15 is 0 Å². The molecule has 82 valence electrons. The van der Waals surface area contributed by atoms with Crippen molar-refractivity contribution in [2.24, 2.45) is 0 Å². The van der Waals surface area contributed by atoms with E-state index in [1.807, 2.05) is 6.07 Å². The van der Waals surface area contributed by atoms with Crippen molar-refractivity contribution < 1.29 is 14.3 Å². The summed E-state index contributed by atoms with van der Waals surface area (Å²) >= 11 is 6.65. The van der Waals surface area contributed by atoms with Crippen LogP contribution in [0.15, 0.2) is 38.0 Å². The second-order valence-corrected chi connectivity index (χ2v) is 4.73. The number of rotatable bonds is 2. The summed E-state index contributed by atoms with van der Waals surface area (Å²) in [5, 5.41) is 8.93. The van der Waals surface area contributed by atoms with Gasteiger partial charge in [0.15, 0.2) is 17.8 Å². The topological polar surface area (TPSA) is 63.3 Å². The highest BCUT2D eigenvalue weighted by atomic mass is 79.9. The van der Waals surface area contributed by atoms with Crippen LogP contribution in [0.5, 0.6) is 0 Å². The standard InChI is InChI=1S/C10H5Br2NO3/c11-5-1-2-7(12)6(3-5)9-8(10(14)15)13-4-16-9/h1-4H,(H,14,15). The molecule has 4 nitrogen and oxygen atoms in total. The second-order valence-electron chi connectivity index (χ2n) is 2.96. The van der Waals surface area contributed by atoms with Crippen LogP contribution in [0.25, 0.3) is 11.3 Å². The van der Waals surface area contributed by atoms with Gasteiger partial charge in [-0.1, -0.05) is 31.9 Å². The molecule has 1 heterocycles. The van der Waals surface area contributed by atoms with Gasteiger partial charge in [0, 0.05) is 14.5 Å². The van der Waals surface area contributed by atoms with Crippen LogP contribution in [-0.4, -0.2) is 16.1 Å². The molecule has 0 saturated carbocycles. The number of halogens is 2. The Labute approximate surface area is 108 Å². The Morgan fingerprint density at radius 3 is 2.81 bits per heavy atom. The van der Waals surface area contributed by atoms with E-state index in [2.05, 4.69) is 36.8 Å². The SMILES string of the molecule is O=C(O)c1ncoc1-c1cc(Br)ccc1Br. The minimum absolute atomic E-state index is 0.0983. The van der Waals surface area contributed by atoms with Crippen molar-refractivity contribution in [3.05, 3.63) is 39.2 Å². The van der Waals surface area contributed by atoms with Crippen LogP contribution in [0.3, 0.4) is 0 Å². The molecule has 0 saturated heterocycles. The van der Waals surface area contributed by atoms with Crippen LogP contribution in [0, 0.1) is 0 Å². The maximum atomic E-state index is 10.9. The average Bonchev–Trinajstić information content (AvgIpc) is 2.70. The molecule has 16 heavy (non-hydrogen) atoms. The molecule has 6 heteroatoms. The smallest absolute Gasteiger partial charge is 0.358 e. The number of oxazole rings is 1. The highest BCUT2D eigenvalue weighted by Gasteiger charge is 2.19. The van der Waals surface area contributed by atoms with E-state index < -0.39 is 5.97 Å². The Morgan fingerprint density at radius 1 is 1.38 bits per heavy atom. The van der Waals surface area contributed by atoms with Crippen LogP contribution < -0.4 is 0 Å². The zero-order valence-electron chi connectivity index (χ0n) is 7.78. The van der Waals surface area contributed by atoms with E-state index in [1.54, 1.807) is 12.1 Å². The van der Waals surface area contributed by atoms with Crippen molar-refractivity contribution in [2.45, 2.75) is 0 Å². The van der Waals surface area contributed by atoms with Crippen molar-refractivity contribution in [3.8, 4) is 11.3 Å². The molecule has 2 aromatic rings. The molecule has 1 N–H and O–H groups in total. The first-order chi connectivity index (χ1) is 7.59. The van der Waals surface area contributed by atoms with Crippen LogP contribution in [0.4, 0.5) is 0 Å². The third kappa shape index (κ3) is 2.03. The molecule has 0 spiro atoms. The lowest BCUT2D eigenvalue weighted by Gasteiger charge is -2.02. The Morgan fingerprint density at radius 2 is 2.12 bits per heavy atom. The molecule has 0 atom stereocenters. The quantitative estimate of drug-likeness (QED) is 0.902. The maximum Gasteiger partial charge on any atom is 0.358 e. The fourth-order valence-electron chi connectivity index (χ4n) is 1.26. The van der Waals surface area contributed by atoms with Gasteiger partial charge in [-0.3, -0.25) is 0 Å². The van der Waals surface area contributed by atoms with Gasteiger partial charge in [-0.2, -0.15) is 0 Å². The highest BCUT2D eigenvalue weighted by Crippen LogP contribution is 2.32. The predicted molar refractivity (Wildman–Crippen MR) is 64.3 cm³/mol. The number of nitrogens with zero attached hydrogens (tertiary/aromatic N) is 1. The number of aromatic nitrogens is 1. The van der Waals surface area contributed by atoms with Gasteiger partial charge in [0.05, 0.1) is 0 Å². The summed E-state index contributed by atoms with van der Waals surface area (Å²) in [5.41, 5.74) is 0.545. The fraction of sp³-hybridized carbons (Fsp3) is 0. The lowest BCUT2D eigenvalue weighted by molar-refractivity contribution is 0.0691. The maximum absolute atomic E-state index is 10.9. The fourth-order valence-corrected chi connectivity index (χ4v) is 2.05. The molecule has 0 amide bonds. The van der Waals surface area contributed by atoms with Gasteiger partial charge in [0.25, 0.3) is 0 Å². The number of benzene rings is 1. The Balaban J connectivity index is 2.62. The van der Waals surface area contributed by atoms with Gasteiger partial charge in [-0.15, -0.1) is 0 Å². The summed E-state index contributed by atoms with van der Waals surface area (Å²) in [4.78, 5) is 14.6. The zero-order chi connectivity index (χ0) is 11.7. The van der Waals surface area contributed by atoms with E-state index in [4.69, 9.17) is 9.52 Å². The molecule has 0 radical (unpaired) electrons. The summed E-state index contributed by atoms with van der Waals surface area (Å²) in [6.45, 7) is 0. The summed E-state index contributed by atoms with van der Waals surface area (Å²) in [5.74, 6) is -0.878. The molecule has 0 aliphatic carbocycles. The molecule has 0 bridgehead atoms. The monoisotopic (exact) mass is 345 g/mol. The minimum Gasteiger partial charge on any atom is -0.476 e. The van der Waals surface area contributed by atoms with Crippen molar-refractivity contribution in [3.63, 3.8) is 0 Å². The van der Waals surface area contributed by atoms with E-state index in [9.17, 15) is 4.79 Å². The normalized spacial score (nSPS) is 10.4. The summed E-state index contributed by atoms with van der Waals surface area (Å²) in [6.07, 6.45) is 1.12.